The van der Waals surface area contributed by atoms with Gasteiger partial charge in [-0.3, -0.25) is 9.59 Å². The predicted octanol–water partition coefficient (Wildman–Crippen LogP) is 11.6. The SMILES string of the molecule is CCCCCCCCC=CCCCCCCCC(=O)C(=O)[14CH2]CCCCCCCCCCCCCC. The zero-order valence-corrected chi connectivity index (χ0v) is 24.8. The molecular formula is C34H64O2. The third-order valence-corrected chi connectivity index (χ3v) is 7.48. The van der Waals surface area contributed by atoms with E-state index in [1.165, 1.54) is 141 Å². The first kappa shape index (κ1) is 35.1. The maximum absolute atomic E-state index is 12.1. The number of Topliss-reactive ketones (excluding diaryl/α,β-unsaturated/α-hetero) is 2. The highest BCUT2D eigenvalue weighted by Crippen LogP contribution is 2.14. The van der Waals surface area contributed by atoms with Gasteiger partial charge in [-0.25, -0.2) is 0 Å². The maximum Gasteiger partial charge on any atom is 0.198 e. The van der Waals surface area contributed by atoms with Crippen molar-refractivity contribution < 1.29 is 9.59 Å². The highest BCUT2D eigenvalue weighted by molar-refractivity contribution is 6.37. The van der Waals surface area contributed by atoms with E-state index in [2.05, 4.69) is 26.0 Å². The zero-order chi connectivity index (χ0) is 26.4. The van der Waals surface area contributed by atoms with Gasteiger partial charge in [0.05, 0.1) is 0 Å². The minimum Gasteiger partial charge on any atom is -0.291 e. The first-order valence-corrected chi connectivity index (χ1v) is 16.4. The number of rotatable bonds is 30. The van der Waals surface area contributed by atoms with Gasteiger partial charge in [0.25, 0.3) is 0 Å². The Labute approximate surface area is 226 Å². The molecule has 0 fully saturated rings. The molecule has 0 aromatic carbocycles. The molecule has 36 heavy (non-hydrogen) atoms. The van der Waals surface area contributed by atoms with Gasteiger partial charge < -0.3 is 0 Å². The van der Waals surface area contributed by atoms with Gasteiger partial charge in [0.2, 0.25) is 0 Å². The Morgan fingerprint density at radius 1 is 0.472 bits per heavy atom. The molecule has 0 spiro atoms. The van der Waals surface area contributed by atoms with Crippen LogP contribution in [0.5, 0.6) is 0 Å². The molecule has 0 saturated carbocycles. The lowest BCUT2D eigenvalue weighted by Gasteiger charge is -2.03. The fourth-order valence-corrected chi connectivity index (χ4v) is 4.94. The quantitative estimate of drug-likeness (QED) is 0.0551. The minimum absolute atomic E-state index is 0.117. The molecule has 0 aromatic heterocycles. The van der Waals surface area contributed by atoms with E-state index in [1.54, 1.807) is 0 Å². The minimum atomic E-state index is -0.119. The summed E-state index contributed by atoms with van der Waals surface area (Å²) in [6.07, 6.45) is 38.9. The van der Waals surface area contributed by atoms with Crippen molar-refractivity contribution in [2.24, 2.45) is 0 Å². The van der Waals surface area contributed by atoms with Crippen molar-refractivity contribution in [2.45, 2.75) is 194 Å². The topological polar surface area (TPSA) is 34.1 Å². The van der Waals surface area contributed by atoms with Crippen molar-refractivity contribution in [3.05, 3.63) is 12.2 Å². The summed E-state index contributed by atoms with van der Waals surface area (Å²) in [7, 11) is 0. The first-order valence-electron chi connectivity index (χ1n) is 16.4. The van der Waals surface area contributed by atoms with Crippen LogP contribution in [0.15, 0.2) is 12.2 Å². The van der Waals surface area contributed by atoms with Crippen LogP contribution in [0.4, 0.5) is 0 Å². The molecule has 0 saturated heterocycles. The number of allylic oxidation sites excluding steroid dienone is 2. The zero-order valence-electron chi connectivity index (χ0n) is 24.8. The normalized spacial score (nSPS) is 11.5. The van der Waals surface area contributed by atoms with Gasteiger partial charge >= 0.3 is 0 Å². The van der Waals surface area contributed by atoms with E-state index in [1.807, 2.05) is 0 Å². The van der Waals surface area contributed by atoms with Crippen LogP contribution in [0.1, 0.15) is 194 Å². The van der Waals surface area contributed by atoms with Crippen LogP contribution >= 0.6 is 0 Å². The monoisotopic (exact) mass is 506 g/mol. The molecule has 0 bridgehead atoms. The van der Waals surface area contributed by atoms with Gasteiger partial charge in [0.1, 0.15) is 0 Å². The Morgan fingerprint density at radius 2 is 0.833 bits per heavy atom. The third kappa shape index (κ3) is 27.7. The largest absolute Gasteiger partial charge is 0.291 e. The summed E-state index contributed by atoms with van der Waals surface area (Å²) in [6, 6.07) is 0. The molecule has 0 atom stereocenters. The van der Waals surface area contributed by atoms with Crippen molar-refractivity contribution >= 4 is 11.6 Å². The molecule has 0 aliphatic carbocycles. The van der Waals surface area contributed by atoms with E-state index < -0.39 is 0 Å². The molecule has 2 heteroatoms. The van der Waals surface area contributed by atoms with E-state index in [0.29, 0.717) is 12.8 Å². The Balaban J connectivity index is 3.34. The maximum atomic E-state index is 12.1. The molecular weight excluding hydrogens is 442 g/mol. The van der Waals surface area contributed by atoms with Crippen molar-refractivity contribution in [3.8, 4) is 0 Å². The van der Waals surface area contributed by atoms with Crippen molar-refractivity contribution in [1.82, 2.24) is 0 Å². The number of ketones is 2. The summed E-state index contributed by atoms with van der Waals surface area (Å²) in [5.41, 5.74) is 0. The summed E-state index contributed by atoms with van der Waals surface area (Å²) in [6.45, 7) is 4.54. The summed E-state index contributed by atoms with van der Waals surface area (Å²) in [5.74, 6) is -0.236. The Bertz CT molecular complexity index is 493. The molecule has 0 amide bonds. The molecule has 0 N–H and O–H groups in total. The van der Waals surface area contributed by atoms with Crippen molar-refractivity contribution in [1.29, 1.82) is 0 Å². The van der Waals surface area contributed by atoms with Crippen LogP contribution in [0.25, 0.3) is 0 Å². The van der Waals surface area contributed by atoms with Crippen LogP contribution in [-0.2, 0) is 9.59 Å². The predicted molar refractivity (Wildman–Crippen MR) is 160 cm³/mol. The van der Waals surface area contributed by atoms with E-state index in [9.17, 15) is 9.59 Å². The van der Waals surface area contributed by atoms with Crippen LogP contribution in [0, 0.1) is 0 Å². The van der Waals surface area contributed by atoms with Crippen LogP contribution < -0.4 is 0 Å². The Kier molecular flexibility index (Phi) is 29.5. The molecule has 0 rings (SSSR count). The highest BCUT2D eigenvalue weighted by Gasteiger charge is 2.12. The second kappa shape index (κ2) is 30.3. The lowest BCUT2D eigenvalue weighted by Crippen LogP contribution is -2.13. The van der Waals surface area contributed by atoms with E-state index in [0.717, 1.165) is 25.7 Å². The summed E-state index contributed by atoms with van der Waals surface area (Å²) >= 11 is 0. The van der Waals surface area contributed by atoms with Gasteiger partial charge in [-0.1, -0.05) is 154 Å². The van der Waals surface area contributed by atoms with Gasteiger partial charge in [-0.15, -0.1) is 0 Å². The Morgan fingerprint density at radius 3 is 1.28 bits per heavy atom. The molecule has 0 aliphatic heterocycles. The molecule has 0 aliphatic rings. The second-order valence-corrected chi connectivity index (χ2v) is 11.2. The lowest BCUT2D eigenvalue weighted by atomic mass is 10.1. The van der Waals surface area contributed by atoms with Crippen LogP contribution in [-0.4, -0.2) is 11.6 Å². The molecule has 212 valence electrons. The number of unbranched alkanes of at least 4 members (excludes halogenated alkanes) is 23. The number of hydrogen-bond acceptors (Lipinski definition) is 2. The van der Waals surface area contributed by atoms with Gasteiger partial charge in [-0.2, -0.15) is 0 Å². The lowest BCUT2D eigenvalue weighted by molar-refractivity contribution is -0.136. The number of hydrogen-bond donors (Lipinski definition) is 0. The highest BCUT2D eigenvalue weighted by atomic mass is 16.2. The van der Waals surface area contributed by atoms with Gasteiger partial charge in [0, 0.05) is 12.8 Å². The van der Waals surface area contributed by atoms with E-state index in [-0.39, 0.29) is 11.6 Å². The van der Waals surface area contributed by atoms with Crippen LogP contribution in [0.2, 0.25) is 0 Å². The number of carbonyl (C=O) groups is 2. The summed E-state index contributed by atoms with van der Waals surface area (Å²) < 4.78 is 0. The molecule has 2 nitrogen and oxygen atoms in total. The third-order valence-electron chi connectivity index (χ3n) is 7.48. The van der Waals surface area contributed by atoms with Gasteiger partial charge in [-0.05, 0) is 38.5 Å². The molecule has 0 unspecified atom stereocenters. The number of carbonyl (C=O) groups excluding carboxylic acids is 2. The molecule has 0 heterocycles. The summed E-state index contributed by atoms with van der Waals surface area (Å²) in [4.78, 5) is 24.1. The summed E-state index contributed by atoms with van der Waals surface area (Å²) in [5, 5.41) is 0. The first-order chi connectivity index (χ1) is 17.7. The molecule has 0 radical (unpaired) electrons. The van der Waals surface area contributed by atoms with Crippen molar-refractivity contribution in [2.75, 3.05) is 0 Å². The average molecular weight is 507 g/mol. The smallest absolute Gasteiger partial charge is 0.198 e. The standard InChI is InChI=1S/C34H64O2/c1-3-5-7-9-11-13-15-17-18-20-22-24-26-28-30-32-34(36)33(35)31-29-27-25-23-21-19-16-14-12-10-8-6-4-2/h17-18H,3-16,19-32H2,1-2H3/i31+2. The second-order valence-electron chi connectivity index (χ2n) is 11.2. The van der Waals surface area contributed by atoms with Crippen LogP contribution in [0.3, 0.4) is 0 Å². The fraction of sp³-hybridized carbons (Fsp3) is 0.882. The van der Waals surface area contributed by atoms with E-state index in [4.69, 9.17) is 0 Å². The fourth-order valence-electron chi connectivity index (χ4n) is 4.94. The molecule has 0 aromatic rings. The Hall–Kier alpha value is -0.920. The average Bonchev–Trinajstić information content (AvgIpc) is 2.88. The van der Waals surface area contributed by atoms with E-state index >= 15 is 0 Å². The van der Waals surface area contributed by atoms with Gasteiger partial charge in [0.15, 0.2) is 11.6 Å². The van der Waals surface area contributed by atoms with Crippen molar-refractivity contribution in [3.63, 3.8) is 0 Å².